The number of hydrogen-bond donors (Lipinski definition) is 1. The number of nitrogens with zero attached hydrogens (tertiary/aromatic N) is 1. The van der Waals surface area contributed by atoms with Crippen LogP contribution in [0.4, 0.5) is 5.00 Å². The summed E-state index contributed by atoms with van der Waals surface area (Å²) in [4.78, 5) is 25.6. The molecule has 0 unspecified atom stereocenters. The van der Waals surface area contributed by atoms with Crippen molar-refractivity contribution >= 4 is 50.2 Å². The number of nitriles is 1. The molecule has 8 heteroatoms. The lowest BCUT2D eigenvalue weighted by molar-refractivity contribution is -0.112. The average molecular weight is 525 g/mol. The maximum Gasteiger partial charge on any atom is 0.341 e. The Balaban J connectivity index is 1.95. The van der Waals surface area contributed by atoms with Gasteiger partial charge >= 0.3 is 5.97 Å². The van der Waals surface area contributed by atoms with Crippen LogP contribution >= 0.6 is 27.3 Å². The van der Waals surface area contributed by atoms with Crippen molar-refractivity contribution in [3.05, 3.63) is 74.6 Å². The van der Waals surface area contributed by atoms with E-state index in [1.807, 2.05) is 37.3 Å². The number of ether oxygens (including phenoxy) is 2. The molecule has 2 aromatic carbocycles. The Morgan fingerprint density at radius 2 is 1.94 bits per heavy atom. The molecular formula is C25H21BrN2O4S. The summed E-state index contributed by atoms with van der Waals surface area (Å²) in [5.74, 6) is -0.519. The van der Waals surface area contributed by atoms with Crippen molar-refractivity contribution in [1.29, 1.82) is 5.26 Å². The molecule has 0 bridgehead atoms. The minimum Gasteiger partial charge on any atom is -0.496 e. The zero-order valence-corrected chi connectivity index (χ0v) is 20.7. The van der Waals surface area contributed by atoms with E-state index in [1.165, 1.54) is 17.4 Å². The highest BCUT2D eigenvalue weighted by molar-refractivity contribution is 9.10. The molecule has 0 spiro atoms. The number of carbonyl (C=O) groups is 2. The summed E-state index contributed by atoms with van der Waals surface area (Å²) in [6.07, 6.45) is 1.47. The number of methoxy groups -OCH3 is 1. The molecular weight excluding hydrogens is 504 g/mol. The van der Waals surface area contributed by atoms with Gasteiger partial charge in [0.25, 0.3) is 5.91 Å². The van der Waals surface area contributed by atoms with Gasteiger partial charge in [-0.3, -0.25) is 4.79 Å². The van der Waals surface area contributed by atoms with Gasteiger partial charge < -0.3 is 14.8 Å². The molecule has 6 nitrogen and oxygen atoms in total. The van der Waals surface area contributed by atoms with Crippen LogP contribution in [0.15, 0.2) is 57.9 Å². The predicted molar refractivity (Wildman–Crippen MR) is 133 cm³/mol. The molecule has 0 atom stereocenters. The van der Waals surface area contributed by atoms with Crippen LogP contribution in [0.3, 0.4) is 0 Å². The van der Waals surface area contributed by atoms with Crippen LogP contribution in [0.5, 0.6) is 5.75 Å². The van der Waals surface area contributed by atoms with Gasteiger partial charge in [-0.1, -0.05) is 35.9 Å². The van der Waals surface area contributed by atoms with Gasteiger partial charge in [-0.05, 0) is 59.1 Å². The van der Waals surface area contributed by atoms with E-state index >= 15 is 0 Å². The summed E-state index contributed by atoms with van der Waals surface area (Å²) in [5, 5.41) is 14.4. The minimum absolute atomic E-state index is 0.104. The third kappa shape index (κ3) is 5.69. The summed E-state index contributed by atoms with van der Waals surface area (Å²) in [5.41, 5.74) is 3.39. The van der Waals surface area contributed by atoms with Crippen molar-refractivity contribution < 1.29 is 19.1 Å². The van der Waals surface area contributed by atoms with Gasteiger partial charge in [0.2, 0.25) is 0 Å². The Bertz CT molecular complexity index is 1260. The molecule has 1 aromatic heterocycles. The van der Waals surface area contributed by atoms with Crippen LogP contribution in [0.1, 0.15) is 28.4 Å². The lowest BCUT2D eigenvalue weighted by atomic mass is 10.0. The number of nitrogens with one attached hydrogen (secondary N) is 1. The maximum atomic E-state index is 12.9. The third-order valence-corrected chi connectivity index (χ3v) is 6.23. The first kappa shape index (κ1) is 24.2. The Morgan fingerprint density at radius 1 is 1.21 bits per heavy atom. The fourth-order valence-electron chi connectivity index (χ4n) is 3.06. The van der Waals surface area contributed by atoms with Crippen LogP contribution in [0, 0.1) is 18.3 Å². The van der Waals surface area contributed by atoms with E-state index in [0.717, 1.165) is 11.1 Å². The van der Waals surface area contributed by atoms with E-state index in [1.54, 1.807) is 37.6 Å². The van der Waals surface area contributed by atoms with Gasteiger partial charge in [-0.2, -0.15) is 5.26 Å². The fraction of sp³-hybridized carbons (Fsp3) is 0.160. The maximum absolute atomic E-state index is 12.9. The number of benzene rings is 2. The molecule has 1 N–H and O–H groups in total. The van der Waals surface area contributed by atoms with E-state index in [-0.39, 0.29) is 17.7 Å². The first-order valence-electron chi connectivity index (χ1n) is 10.00. The van der Waals surface area contributed by atoms with Crippen molar-refractivity contribution in [2.24, 2.45) is 0 Å². The van der Waals surface area contributed by atoms with E-state index in [0.29, 0.717) is 26.4 Å². The minimum atomic E-state index is -0.618. The summed E-state index contributed by atoms with van der Waals surface area (Å²) in [7, 11) is 1.55. The standard InChI is InChI=1S/C25H21BrN2O4S/c1-4-32-25(30)22-19(17-8-5-15(2)6-9-17)14-33-24(22)28-23(29)18(13-27)11-16-7-10-21(31-3)20(26)12-16/h5-12,14H,4H2,1-3H3,(H,28,29)/b18-11-. The van der Waals surface area contributed by atoms with Gasteiger partial charge in [0, 0.05) is 10.9 Å². The quantitative estimate of drug-likeness (QED) is 0.225. The Kier molecular flexibility index (Phi) is 8.04. The molecule has 3 rings (SSSR count). The Morgan fingerprint density at radius 3 is 2.55 bits per heavy atom. The Hall–Kier alpha value is -3.41. The molecule has 0 radical (unpaired) electrons. The summed E-state index contributed by atoms with van der Waals surface area (Å²) >= 11 is 4.60. The number of rotatable bonds is 7. The highest BCUT2D eigenvalue weighted by Gasteiger charge is 2.23. The van der Waals surface area contributed by atoms with Crippen molar-refractivity contribution in [3.8, 4) is 22.9 Å². The fourth-order valence-corrected chi connectivity index (χ4v) is 4.57. The molecule has 1 amide bonds. The normalized spacial score (nSPS) is 10.9. The lowest BCUT2D eigenvalue weighted by Crippen LogP contribution is -2.16. The molecule has 0 aliphatic heterocycles. The Labute approximate surface area is 204 Å². The van der Waals surface area contributed by atoms with Crippen molar-refractivity contribution in [1.82, 2.24) is 0 Å². The largest absolute Gasteiger partial charge is 0.496 e. The molecule has 0 saturated carbocycles. The van der Waals surface area contributed by atoms with Crippen LogP contribution < -0.4 is 10.1 Å². The number of aryl methyl sites for hydroxylation is 1. The summed E-state index contributed by atoms with van der Waals surface area (Å²) in [6, 6.07) is 14.9. The van der Waals surface area contributed by atoms with Crippen molar-refractivity contribution in [2.45, 2.75) is 13.8 Å². The topological polar surface area (TPSA) is 88.4 Å². The molecule has 33 heavy (non-hydrogen) atoms. The molecule has 0 saturated heterocycles. The number of anilines is 1. The lowest BCUT2D eigenvalue weighted by Gasteiger charge is -2.09. The van der Waals surface area contributed by atoms with Crippen molar-refractivity contribution in [2.75, 3.05) is 19.0 Å². The first-order valence-corrected chi connectivity index (χ1v) is 11.7. The van der Waals surface area contributed by atoms with Crippen LogP contribution in [-0.4, -0.2) is 25.6 Å². The molecule has 168 valence electrons. The predicted octanol–water partition coefficient (Wildman–Crippen LogP) is 6.22. The van der Waals surface area contributed by atoms with Gasteiger partial charge in [0.1, 0.15) is 28.0 Å². The van der Waals surface area contributed by atoms with Gasteiger partial charge in [-0.25, -0.2) is 4.79 Å². The molecule has 0 fully saturated rings. The highest BCUT2D eigenvalue weighted by Crippen LogP contribution is 2.36. The van der Waals surface area contributed by atoms with Gasteiger partial charge in [-0.15, -0.1) is 11.3 Å². The molecule has 0 aliphatic rings. The second-order valence-electron chi connectivity index (χ2n) is 6.96. The number of esters is 1. The first-order chi connectivity index (χ1) is 15.9. The molecule has 0 aliphatic carbocycles. The number of thiophene rings is 1. The number of carbonyl (C=O) groups excluding carboxylic acids is 2. The van der Waals surface area contributed by atoms with Gasteiger partial charge in [0.15, 0.2) is 0 Å². The summed E-state index contributed by atoms with van der Waals surface area (Å²) < 4.78 is 11.1. The third-order valence-electron chi connectivity index (χ3n) is 4.71. The highest BCUT2D eigenvalue weighted by atomic mass is 79.9. The smallest absolute Gasteiger partial charge is 0.341 e. The molecule has 3 aromatic rings. The molecule has 1 heterocycles. The number of halogens is 1. The van der Waals surface area contributed by atoms with Crippen LogP contribution in [0.2, 0.25) is 0 Å². The summed E-state index contributed by atoms with van der Waals surface area (Å²) in [6.45, 7) is 3.90. The zero-order chi connectivity index (χ0) is 24.0. The van der Waals surface area contributed by atoms with E-state index in [2.05, 4.69) is 21.2 Å². The van der Waals surface area contributed by atoms with Crippen LogP contribution in [-0.2, 0) is 9.53 Å². The zero-order valence-electron chi connectivity index (χ0n) is 18.3. The van der Waals surface area contributed by atoms with Crippen LogP contribution in [0.25, 0.3) is 17.2 Å². The average Bonchev–Trinajstić information content (AvgIpc) is 3.21. The van der Waals surface area contributed by atoms with Gasteiger partial charge in [0.05, 0.1) is 18.2 Å². The SMILES string of the molecule is CCOC(=O)c1c(-c2ccc(C)cc2)csc1NC(=O)/C(C#N)=C\c1ccc(OC)c(Br)c1. The second-order valence-corrected chi connectivity index (χ2v) is 8.69. The van der Waals surface area contributed by atoms with Crippen molar-refractivity contribution in [3.63, 3.8) is 0 Å². The number of hydrogen-bond acceptors (Lipinski definition) is 6. The van der Waals surface area contributed by atoms with E-state index < -0.39 is 11.9 Å². The van der Waals surface area contributed by atoms with E-state index in [4.69, 9.17) is 9.47 Å². The monoisotopic (exact) mass is 524 g/mol. The van der Waals surface area contributed by atoms with E-state index in [9.17, 15) is 14.9 Å². The number of amides is 1. The second kappa shape index (κ2) is 10.9.